The van der Waals surface area contributed by atoms with E-state index < -0.39 is 0 Å². The van der Waals surface area contributed by atoms with Gasteiger partial charge in [-0.1, -0.05) is 49.1 Å². The van der Waals surface area contributed by atoms with Crippen molar-refractivity contribution in [2.45, 2.75) is 25.1 Å². The Morgan fingerprint density at radius 1 is 1.21 bits per heavy atom. The second-order valence-electron chi connectivity index (χ2n) is 3.54. The molecule has 1 aromatic carbocycles. The van der Waals surface area contributed by atoms with E-state index in [-0.39, 0.29) is 0 Å². The summed E-state index contributed by atoms with van der Waals surface area (Å²) >= 11 is 7.15. The summed E-state index contributed by atoms with van der Waals surface area (Å²) in [5.41, 5.74) is 1.21. The molecule has 1 aromatic rings. The fourth-order valence-corrected chi connectivity index (χ4v) is 3.37. The minimum absolute atomic E-state index is 0.495. The lowest BCUT2D eigenvalue weighted by Crippen LogP contribution is -2.32. The number of nitrogens with zero attached hydrogens (tertiary/aromatic N) is 1. The molecule has 1 aliphatic heterocycles. The van der Waals surface area contributed by atoms with Crippen LogP contribution in [0.3, 0.4) is 0 Å². The minimum Gasteiger partial charge on any atom is -0.323 e. The van der Waals surface area contributed by atoms with Gasteiger partial charge in [0.05, 0.1) is 0 Å². The maximum Gasteiger partial charge on any atom is 0.141 e. The summed E-state index contributed by atoms with van der Waals surface area (Å²) in [6.07, 6.45) is 0. The van der Waals surface area contributed by atoms with Crippen LogP contribution in [0, 0.1) is 0 Å². The molecule has 0 spiro atoms. The SMILES string of the molecule is CC1SC(=S)N(c2ccccc2)C1C. The van der Waals surface area contributed by atoms with Crippen molar-refractivity contribution < 1.29 is 0 Å². The monoisotopic (exact) mass is 223 g/mol. The van der Waals surface area contributed by atoms with Gasteiger partial charge < -0.3 is 4.90 Å². The molecule has 14 heavy (non-hydrogen) atoms. The first-order valence-electron chi connectivity index (χ1n) is 4.75. The van der Waals surface area contributed by atoms with E-state index >= 15 is 0 Å². The van der Waals surface area contributed by atoms with E-state index in [1.807, 2.05) is 6.07 Å². The summed E-state index contributed by atoms with van der Waals surface area (Å²) in [5, 5.41) is 0.586. The fourth-order valence-electron chi connectivity index (χ4n) is 1.62. The zero-order valence-corrected chi connectivity index (χ0v) is 9.94. The number of anilines is 1. The highest BCUT2D eigenvalue weighted by atomic mass is 32.2. The number of thioether (sulfide) groups is 1. The van der Waals surface area contributed by atoms with Crippen LogP contribution in [0.4, 0.5) is 5.69 Å². The molecule has 0 N–H and O–H groups in total. The molecule has 0 aromatic heterocycles. The summed E-state index contributed by atoms with van der Waals surface area (Å²) in [4.78, 5) is 2.24. The fraction of sp³-hybridized carbons (Fsp3) is 0.364. The van der Waals surface area contributed by atoms with Crippen molar-refractivity contribution in [3.8, 4) is 0 Å². The standard InChI is InChI=1S/C11H13NS2/c1-8-9(2)14-11(13)12(8)10-6-4-3-5-7-10/h3-9H,1-2H3. The Labute approximate surface area is 94.5 Å². The van der Waals surface area contributed by atoms with Crippen LogP contribution in [0.25, 0.3) is 0 Å². The van der Waals surface area contributed by atoms with Gasteiger partial charge in [0, 0.05) is 17.0 Å². The molecule has 0 aliphatic carbocycles. The van der Waals surface area contributed by atoms with Gasteiger partial charge in [0.1, 0.15) is 4.32 Å². The summed E-state index contributed by atoms with van der Waals surface area (Å²) in [5.74, 6) is 0. The molecule has 1 nitrogen and oxygen atoms in total. The molecule has 1 fully saturated rings. The molecule has 1 aliphatic rings. The van der Waals surface area contributed by atoms with Crippen molar-refractivity contribution in [3.63, 3.8) is 0 Å². The molecule has 0 radical (unpaired) electrons. The Morgan fingerprint density at radius 3 is 2.36 bits per heavy atom. The van der Waals surface area contributed by atoms with E-state index in [2.05, 4.69) is 43.0 Å². The molecule has 0 amide bonds. The van der Waals surface area contributed by atoms with Crippen molar-refractivity contribution >= 4 is 34.0 Å². The second-order valence-corrected chi connectivity index (χ2v) is 5.55. The van der Waals surface area contributed by atoms with E-state index in [1.54, 1.807) is 11.8 Å². The highest BCUT2D eigenvalue weighted by molar-refractivity contribution is 8.24. The molecule has 2 unspecified atom stereocenters. The third-order valence-corrected chi connectivity index (χ3v) is 4.25. The molecule has 2 rings (SSSR count). The van der Waals surface area contributed by atoms with E-state index in [9.17, 15) is 0 Å². The van der Waals surface area contributed by atoms with Crippen molar-refractivity contribution in [1.82, 2.24) is 0 Å². The van der Waals surface area contributed by atoms with E-state index in [1.165, 1.54) is 5.69 Å². The van der Waals surface area contributed by atoms with Crippen LogP contribution >= 0.6 is 24.0 Å². The zero-order chi connectivity index (χ0) is 10.1. The van der Waals surface area contributed by atoms with Gasteiger partial charge in [-0.25, -0.2) is 0 Å². The summed E-state index contributed by atoms with van der Waals surface area (Å²) < 4.78 is 0.996. The Kier molecular flexibility index (Phi) is 2.79. The number of rotatable bonds is 1. The molecular formula is C11H13NS2. The first kappa shape index (κ1) is 9.99. The van der Waals surface area contributed by atoms with Crippen molar-refractivity contribution in [3.05, 3.63) is 30.3 Å². The van der Waals surface area contributed by atoms with E-state index in [0.717, 1.165) is 4.32 Å². The van der Waals surface area contributed by atoms with Gasteiger partial charge in [-0.2, -0.15) is 0 Å². The van der Waals surface area contributed by atoms with Crippen LogP contribution in [0.5, 0.6) is 0 Å². The molecule has 1 heterocycles. The second kappa shape index (κ2) is 3.91. The number of hydrogen-bond donors (Lipinski definition) is 0. The lowest BCUT2D eigenvalue weighted by molar-refractivity contribution is 0.739. The number of para-hydroxylation sites is 1. The average molecular weight is 223 g/mol. The predicted molar refractivity (Wildman–Crippen MR) is 68.0 cm³/mol. The number of thiocarbonyl (C=S) groups is 1. The maximum atomic E-state index is 5.37. The quantitative estimate of drug-likeness (QED) is 0.673. The van der Waals surface area contributed by atoms with Crippen LogP contribution in [0.1, 0.15) is 13.8 Å². The molecule has 0 saturated carbocycles. The van der Waals surface area contributed by atoms with Crippen LogP contribution in [0.2, 0.25) is 0 Å². The normalized spacial score (nSPS) is 27.0. The Balaban J connectivity index is 2.31. The van der Waals surface area contributed by atoms with Gasteiger partial charge in [-0.3, -0.25) is 0 Å². The highest BCUT2D eigenvalue weighted by Gasteiger charge is 2.32. The third-order valence-electron chi connectivity index (χ3n) is 2.60. The van der Waals surface area contributed by atoms with Gasteiger partial charge in [-0.05, 0) is 19.1 Å². The maximum absolute atomic E-state index is 5.37. The predicted octanol–water partition coefficient (Wildman–Crippen LogP) is 3.30. The molecule has 2 atom stereocenters. The average Bonchev–Trinajstić information content (AvgIpc) is 2.43. The van der Waals surface area contributed by atoms with Crippen LogP contribution in [0.15, 0.2) is 30.3 Å². The molecule has 74 valence electrons. The summed E-state index contributed by atoms with van der Waals surface area (Å²) in [6, 6.07) is 10.9. The first-order valence-corrected chi connectivity index (χ1v) is 6.04. The number of benzene rings is 1. The summed E-state index contributed by atoms with van der Waals surface area (Å²) in [6.45, 7) is 4.45. The Hall–Kier alpha value is -0.540. The summed E-state index contributed by atoms with van der Waals surface area (Å²) in [7, 11) is 0. The largest absolute Gasteiger partial charge is 0.323 e. The zero-order valence-electron chi connectivity index (χ0n) is 8.31. The molecular weight excluding hydrogens is 210 g/mol. The van der Waals surface area contributed by atoms with Gasteiger partial charge in [0.2, 0.25) is 0 Å². The number of hydrogen-bond acceptors (Lipinski definition) is 2. The van der Waals surface area contributed by atoms with E-state index in [4.69, 9.17) is 12.2 Å². The lowest BCUT2D eigenvalue weighted by atomic mass is 10.2. The Morgan fingerprint density at radius 2 is 1.86 bits per heavy atom. The highest BCUT2D eigenvalue weighted by Crippen LogP contribution is 2.35. The van der Waals surface area contributed by atoms with E-state index in [0.29, 0.717) is 11.3 Å². The van der Waals surface area contributed by atoms with Crippen LogP contribution in [-0.2, 0) is 0 Å². The van der Waals surface area contributed by atoms with Crippen LogP contribution < -0.4 is 4.90 Å². The molecule has 3 heteroatoms. The van der Waals surface area contributed by atoms with Crippen molar-refractivity contribution in [2.24, 2.45) is 0 Å². The molecule has 1 saturated heterocycles. The van der Waals surface area contributed by atoms with Crippen molar-refractivity contribution in [2.75, 3.05) is 4.90 Å². The first-order chi connectivity index (χ1) is 6.70. The van der Waals surface area contributed by atoms with Crippen LogP contribution in [-0.4, -0.2) is 15.6 Å². The smallest absolute Gasteiger partial charge is 0.141 e. The topological polar surface area (TPSA) is 3.24 Å². The molecule has 0 bridgehead atoms. The minimum atomic E-state index is 0.495. The Bertz CT molecular complexity index is 336. The van der Waals surface area contributed by atoms with Gasteiger partial charge >= 0.3 is 0 Å². The lowest BCUT2D eigenvalue weighted by Gasteiger charge is -2.23. The van der Waals surface area contributed by atoms with Gasteiger partial charge in [-0.15, -0.1) is 0 Å². The van der Waals surface area contributed by atoms with Gasteiger partial charge in [0.25, 0.3) is 0 Å². The van der Waals surface area contributed by atoms with Crippen molar-refractivity contribution in [1.29, 1.82) is 0 Å². The van der Waals surface area contributed by atoms with Gasteiger partial charge in [0.15, 0.2) is 0 Å². The third kappa shape index (κ3) is 1.66.